The van der Waals surface area contributed by atoms with Gasteiger partial charge in [0.15, 0.2) is 5.96 Å². The second kappa shape index (κ2) is 13.0. The molecule has 0 amide bonds. The van der Waals surface area contributed by atoms with Crippen LogP contribution < -0.4 is 20.1 Å². The third kappa shape index (κ3) is 7.71. The molecule has 2 N–H and O–H groups in total. The highest BCUT2D eigenvalue weighted by molar-refractivity contribution is 14.0. The predicted molar refractivity (Wildman–Crippen MR) is 122 cm³/mol. The lowest BCUT2D eigenvalue weighted by molar-refractivity contribution is 0.139. The Bertz CT molecular complexity index is 577. The topological polar surface area (TPSA) is 61.4 Å². The monoisotopic (exact) mass is 491 g/mol. The molecular weight excluding hydrogens is 457 g/mol. The summed E-state index contributed by atoms with van der Waals surface area (Å²) in [7, 11) is 5.12. The van der Waals surface area contributed by atoms with Crippen molar-refractivity contribution in [2.75, 3.05) is 67.1 Å². The van der Waals surface area contributed by atoms with E-state index in [9.17, 15) is 0 Å². The number of aliphatic imine (C=N–C) groups is 1. The zero-order chi connectivity index (χ0) is 18.8. The number of hydrogen-bond donors (Lipinski definition) is 2. The van der Waals surface area contributed by atoms with Gasteiger partial charge in [0.2, 0.25) is 0 Å². The Labute approximate surface area is 180 Å². The van der Waals surface area contributed by atoms with Crippen molar-refractivity contribution in [1.82, 2.24) is 20.4 Å². The minimum atomic E-state index is 0. The Morgan fingerprint density at radius 1 is 1.07 bits per heavy atom. The average molecular weight is 491 g/mol. The lowest BCUT2D eigenvalue weighted by Crippen LogP contribution is -2.49. The molecule has 0 bridgehead atoms. The van der Waals surface area contributed by atoms with Gasteiger partial charge in [-0.1, -0.05) is 6.92 Å². The first kappa shape index (κ1) is 23.8. The van der Waals surface area contributed by atoms with E-state index in [4.69, 9.17) is 9.47 Å². The lowest BCUT2D eigenvalue weighted by Gasteiger charge is -2.34. The summed E-state index contributed by atoms with van der Waals surface area (Å²) >= 11 is 0. The number of guanidine groups is 1. The Morgan fingerprint density at radius 3 is 2.37 bits per heavy atom. The van der Waals surface area contributed by atoms with Crippen LogP contribution in [0.25, 0.3) is 0 Å². The zero-order valence-electron chi connectivity index (χ0n) is 17.0. The maximum Gasteiger partial charge on any atom is 0.191 e. The van der Waals surface area contributed by atoms with Gasteiger partial charge in [0.25, 0.3) is 0 Å². The predicted octanol–water partition coefficient (Wildman–Crippen LogP) is 1.62. The summed E-state index contributed by atoms with van der Waals surface area (Å²) in [5.41, 5.74) is 1.06. The molecule has 0 unspecified atom stereocenters. The Balaban J connectivity index is 0.00000364. The molecule has 0 radical (unpaired) electrons. The molecule has 1 heterocycles. The van der Waals surface area contributed by atoms with Crippen molar-refractivity contribution in [3.05, 3.63) is 23.8 Å². The summed E-state index contributed by atoms with van der Waals surface area (Å²) in [6.45, 7) is 10.6. The van der Waals surface area contributed by atoms with E-state index in [0.29, 0.717) is 6.54 Å². The first-order chi connectivity index (χ1) is 12.7. The lowest BCUT2D eigenvalue weighted by atomic mass is 10.2. The van der Waals surface area contributed by atoms with Gasteiger partial charge in [-0.05, 0) is 18.7 Å². The van der Waals surface area contributed by atoms with Gasteiger partial charge in [-0.25, -0.2) is 0 Å². The van der Waals surface area contributed by atoms with Crippen molar-refractivity contribution >= 4 is 29.9 Å². The summed E-state index contributed by atoms with van der Waals surface area (Å²) < 4.78 is 10.7. The van der Waals surface area contributed by atoms with E-state index in [2.05, 4.69) is 32.3 Å². The fourth-order valence-electron chi connectivity index (χ4n) is 3.06. The number of piperazine rings is 1. The van der Waals surface area contributed by atoms with Gasteiger partial charge >= 0.3 is 0 Å². The number of nitrogens with zero attached hydrogens (tertiary/aromatic N) is 3. The van der Waals surface area contributed by atoms with E-state index in [1.54, 1.807) is 21.3 Å². The van der Waals surface area contributed by atoms with Crippen LogP contribution in [0.2, 0.25) is 0 Å². The highest BCUT2D eigenvalue weighted by atomic mass is 127. The molecule has 1 aromatic carbocycles. The van der Waals surface area contributed by atoms with Crippen LogP contribution in [0.4, 0.5) is 0 Å². The van der Waals surface area contributed by atoms with Gasteiger partial charge in [-0.15, -0.1) is 24.0 Å². The van der Waals surface area contributed by atoms with Crippen LogP contribution in [-0.2, 0) is 6.54 Å². The van der Waals surface area contributed by atoms with Crippen molar-refractivity contribution in [3.63, 3.8) is 0 Å². The molecule has 1 aliphatic heterocycles. The summed E-state index contributed by atoms with van der Waals surface area (Å²) in [6, 6.07) is 5.83. The first-order valence-electron chi connectivity index (χ1n) is 9.30. The second-order valence-electron chi connectivity index (χ2n) is 6.31. The maximum atomic E-state index is 5.44. The number of hydrogen-bond acceptors (Lipinski definition) is 5. The smallest absolute Gasteiger partial charge is 0.191 e. The molecule has 0 saturated carbocycles. The summed E-state index contributed by atoms with van der Waals surface area (Å²) in [6.07, 6.45) is 0. The van der Waals surface area contributed by atoms with Crippen LogP contribution in [0.3, 0.4) is 0 Å². The summed E-state index contributed by atoms with van der Waals surface area (Å²) in [5, 5.41) is 6.73. The molecular formula is C19H34IN5O2. The SMILES string of the molecule is CCN1CCN(CCNC(=NC)NCc2ccc(OC)cc2OC)CC1.I. The van der Waals surface area contributed by atoms with Gasteiger partial charge in [0.05, 0.1) is 14.2 Å². The largest absolute Gasteiger partial charge is 0.497 e. The number of likely N-dealkylation sites (N-methyl/N-ethyl adjacent to an activating group) is 1. The van der Waals surface area contributed by atoms with Gasteiger partial charge in [-0.2, -0.15) is 0 Å². The number of halogens is 1. The Kier molecular flexibility index (Phi) is 11.5. The van der Waals surface area contributed by atoms with Crippen molar-refractivity contribution in [2.45, 2.75) is 13.5 Å². The third-order valence-electron chi connectivity index (χ3n) is 4.80. The van der Waals surface area contributed by atoms with E-state index in [1.807, 2.05) is 18.2 Å². The normalized spacial score (nSPS) is 15.8. The standard InChI is InChI=1S/C19H33N5O2.HI/c1-5-23-10-12-24(13-11-23)9-8-21-19(20-2)22-15-16-6-7-17(25-3)14-18(16)26-4;/h6-7,14H,5,8-13,15H2,1-4H3,(H2,20,21,22);1H. The fraction of sp³-hybridized carbons (Fsp3) is 0.632. The van der Waals surface area contributed by atoms with Crippen molar-refractivity contribution < 1.29 is 9.47 Å². The molecule has 2 rings (SSSR count). The third-order valence-corrected chi connectivity index (χ3v) is 4.80. The second-order valence-corrected chi connectivity index (χ2v) is 6.31. The number of rotatable bonds is 8. The van der Waals surface area contributed by atoms with Crippen LogP contribution in [-0.4, -0.2) is 82.8 Å². The number of methoxy groups -OCH3 is 2. The van der Waals surface area contributed by atoms with E-state index < -0.39 is 0 Å². The van der Waals surface area contributed by atoms with Crippen molar-refractivity contribution in [1.29, 1.82) is 0 Å². The quantitative estimate of drug-likeness (QED) is 0.328. The van der Waals surface area contributed by atoms with E-state index >= 15 is 0 Å². The molecule has 8 heteroatoms. The molecule has 1 aliphatic rings. The minimum Gasteiger partial charge on any atom is -0.497 e. The Hall–Kier alpha value is -1.26. The molecule has 0 atom stereocenters. The summed E-state index contributed by atoms with van der Waals surface area (Å²) in [4.78, 5) is 9.29. The van der Waals surface area contributed by atoms with Crippen LogP contribution >= 0.6 is 24.0 Å². The van der Waals surface area contributed by atoms with E-state index in [0.717, 1.165) is 55.7 Å². The molecule has 1 aromatic rings. The molecule has 154 valence electrons. The first-order valence-corrected chi connectivity index (χ1v) is 9.30. The van der Waals surface area contributed by atoms with E-state index in [1.165, 1.54) is 13.1 Å². The number of benzene rings is 1. The van der Waals surface area contributed by atoms with Crippen molar-refractivity contribution in [2.24, 2.45) is 4.99 Å². The average Bonchev–Trinajstić information content (AvgIpc) is 2.70. The number of ether oxygens (including phenoxy) is 2. The molecule has 1 fully saturated rings. The molecule has 0 spiro atoms. The highest BCUT2D eigenvalue weighted by Gasteiger charge is 2.14. The molecule has 0 aromatic heterocycles. The van der Waals surface area contributed by atoms with Gasteiger partial charge < -0.3 is 25.0 Å². The van der Waals surface area contributed by atoms with E-state index in [-0.39, 0.29) is 24.0 Å². The zero-order valence-corrected chi connectivity index (χ0v) is 19.3. The maximum absolute atomic E-state index is 5.44. The van der Waals surface area contributed by atoms with Crippen LogP contribution in [0.5, 0.6) is 11.5 Å². The van der Waals surface area contributed by atoms with Gasteiger partial charge in [0, 0.05) is 64.5 Å². The van der Waals surface area contributed by atoms with Crippen LogP contribution in [0.15, 0.2) is 23.2 Å². The van der Waals surface area contributed by atoms with Gasteiger partial charge in [0.1, 0.15) is 11.5 Å². The molecule has 1 saturated heterocycles. The minimum absolute atomic E-state index is 0. The highest BCUT2D eigenvalue weighted by Crippen LogP contribution is 2.24. The fourth-order valence-corrected chi connectivity index (χ4v) is 3.06. The van der Waals surface area contributed by atoms with Crippen molar-refractivity contribution in [3.8, 4) is 11.5 Å². The Morgan fingerprint density at radius 2 is 1.78 bits per heavy atom. The van der Waals surface area contributed by atoms with Crippen LogP contribution in [0.1, 0.15) is 12.5 Å². The number of nitrogens with one attached hydrogen (secondary N) is 2. The molecule has 7 nitrogen and oxygen atoms in total. The molecule has 0 aliphatic carbocycles. The van der Waals surface area contributed by atoms with Gasteiger partial charge in [-0.3, -0.25) is 9.89 Å². The summed E-state index contributed by atoms with van der Waals surface area (Å²) in [5.74, 6) is 2.40. The molecule has 27 heavy (non-hydrogen) atoms. The van der Waals surface area contributed by atoms with Crippen LogP contribution in [0, 0.1) is 0 Å².